The number of rotatable bonds is 6. The number of carbonyl (C=O) groups excluding carboxylic acids is 2. The molecule has 2 heterocycles. The Bertz CT molecular complexity index is 924. The van der Waals surface area contributed by atoms with Gasteiger partial charge in [-0.15, -0.1) is 0 Å². The fraction of sp³-hybridized carbons (Fsp3) is 0.440. The van der Waals surface area contributed by atoms with Crippen molar-refractivity contribution < 1.29 is 14.0 Å². The average Bonchev–Trinajstić information content (AvgIpc) is 3.08. The molecule has 164 valence electrons. The first-order valence-corrected chi connectivity index (χ1v) is 10.9. The third-order valence-corrected chi connectivity index (χ3v) is 6.35. The maximum atomic E-state index is 13.1. The lowest BCUT2D eigenvalue weighted by Gasteiger charge is -2.50. The lowest BCUT2D eigenvalue weighted by Crippen LogP contribution is -2.64. The van der Waals surface area contributed by atoms with Gasteiger partial charge in [-0.3, -0.25) is 14.5 Å². The highest BCUT2D eigenvalue weighted by atomic mass is 19.1. The van der Waals surface area contributed by atoms with E-state index in [1.165, 1.54) is 17.7 Å². The smallest absolute Gasteiger partial charge is 0.227 e. The normalized spacial score (nSPS) is 20.1. The minimum absolute atomic E-state index is 0.0294. The maximum Gasteiger partial charge on any atom is 0.227 e. The van der Waals surface area contributed by atoms with E-state index in [1.54, 1.807) is 12.1 Å². The van der Waals surface area contributed by atoms with Gasteiger partial charge in [-0.05, 0) is 37.1 Å². The minimum Gasteiger partial charge on any atom is -0.354 e. The molecule has 1 spiro atoms. The van der Waals surface area contributed by atoms with Gasteiger partial charge in [0.25, 0.3) is 0 Å². The molecule has 2 amide bonds. The zero-order valence-electron chi connectivity index (χ0n) is 18.2. The zero-order chi connectivity index (χ0) is 22.0. The molecule has 1 unspecified atom stereocenters. The van der Waals surface area contributed by atoms with E-state index in [4.69, 9.17) is 0 Å². The second-order valence-corrected chi connectivity index (χ2v) is 9.29. The topological polar surface area (TPSA) is 52.7 Å². The van der Waals surface area contributed by atoms with E-state index in [9.17, 15) is 14.0 Å². The number of amides is 2. The van der Waals surface area contributed by atoms with Crippen LogP contribution in [-0.2, 0) is 22.6 Å². The monoisotopic (exact) mass is 423 g/mol. The molecule has 31 heavy (non-hydrogen) atoms. The molecule has 0 aliphatic carbocycles. The Morgan fingerprint density at radius 3 is 2.35 bits per heavy atom. The van der Waals surface area contributed by atoms with Gasteiger partial charge in [0.1, 0.15) is 5.82 Å². The number of carbonyl (C=O) groups is 2. The molecule has 5 nitrogen and oxygen atoms in total. The summed E-state index contributed by atoms with van der Waals surface area (Å²) >= 11 is 0. The van der Waals surface area contributed by atoms with E-state index in [0.717, 1.165) is 18.7 Å². The van der Waals surface area contributed by atoms with E-state index in [1.807, 2.05) is 36.9 Å². The molecule has 0 aromatic heterocycles. The summed E-state index contributed by atoms with van der Waals surface area (Å²) in [6, 6.07) is 16.4. The van der Waals surface area contributed by atoms with Gasteiger partial charge in [0.2, 0.25) is 11.8 Å². The third kappa shape index (κ3) is 4.79. The summed E-state index contributed by atoms with van der Waals surface area (Å²) in [4.78, 5) is 29.9. The molecule has 4 rings (SSSR count). The van der Waals surface area contributed by atoms with Crippen LogP contribution in [0.15, 0.2) is 54.6 Å². The maximum absolute atomic E-state index is 13.1. The van der Waals surface area contributed by atoms with Crippen molar-refractivity contribution in [1.82, 2.24) is 15.1 Å². The summed E-state index contributed by atoms with van der Waals surface area (Å²) < 4.78 is 13.1. The molecule has 0 radical (unpaired) electrons. The van der Waals surface area contributed by atoms with Gasteiger partial charge in [-0.1, -0.05) is 42.5 Å². The van der Waals surface area contributed by atoms with E-state index in [-0.39, 0.29) is 41.4 Å². The van der Waals surface area contributed by atoms with Gasteiger partial charge in [-0.2, -0.15) is 0 Å². The molecule has 2 aliphatic rings. The number of likely N-dealkylation sites (tertiary alicyclic amines) is 2. The Balaban J connectivity index is 1.43. The predicted octanol–water partition coefficient (Wildman–Crippen LogP) is 2.85. The van der Waals surface area contributed by atoms with Crippen LogP contribution in [0.1, 0.15) is 25.0 Å². The molecule has 2 saturated heterocycles. The van der Waals surface area contributed by atoms with E-state index < -0.39 is 0 Å². The Labute approximate surface area is 183 Å². The quantitative estimate of drug-likeness (QED) is 0.777. The highest BCUT2D eigenvalue weighted by molar-refractivity contribution is 5.83. The first-order valence-electron chi connectivity index (χ1n) is 10.9. The number of nitrogens with one attached hydrogen (secondary N) is 1. The van der Waals surface area contributed by atoms with Gasteiger partial charge < -0.3 is 10.2 Å². The molecule has 1 atom stereocenters. The van der Waals surface area contributed by atoms with Crippen molar-refractivity contribution in [3.8, 4) is 0 Å². The Morgan fingerprint density at radius 1 is 1.03 bits per heavy atom. The Hall–Kier alpha value is -2.73. The van der Waals surface area contributed by atoms with E-state index in [2.05, 4.69) is 22.3 Å². The van der Waals surface area contributed by atoms with Crippen LogP contribution in [0, 0.1) is 17.2 Å². The first-order chi connectivity index (χ1) is 14.8. The number of hydrogen-bond acceptors (Lipinski definition) is 3. The van der Waals surface area contributed by atoms with Crippen molar-refractivity contribution in [2.24, 2.45) is 11.3 Å². The van der Waals surface area contributed by atoms with Crippen LogP contribution >= 0.6 is 0 Å². The highest BCUT2D eigenvalue weighted by Crippen LogP contribution is 2.44. The SMILES string of the molecule is CC(C)NC(=O)C1CN(Cc2ccccc2)CC12CN(C(=O)Cc1ccc(F)cc1)C2. The van der Waals surface area contributed by atoms with Crippen molar-refractivity contribution in [3.63, 3.8) is 0 Å². The van der Waals surface area contributed by atoms with Crippen LogP contribution in [0.2, 0.25) is 0 Å². The van der Waals surface area contributed by atoms with Crippen LogP contribution < -0.4 is 5.32 Å². The number of benzene rings is 2. The van der Waals surface area contributed by atoms with Gasteiger partial charge in [0.15, 0.2) is 0 Å². The summed E-state index contributed by atoms with van der Waals surface area (Å²) in [5, 5.41) is 3.08. The summed E-state index contributed by atoms with van der Waals surface area (Å²) in [6.07, 6.45) is 0.257. The first kappa shape index (κ1) is 21.5. The van der Waals surface area contributed by atoms with Crippen molar-refractivity contribution in [3.05, 3.63) is 71.5 Å². The molecule has 2 aliphatic heterocycles. The predicted molar refractivity (Wildman–Crippen MR) is 118 cm³/mol. The lowest BCUT2D eigenvalue weighted by molar-refractivity contribution is -0.149. The molecule has 2 aromatic rings. The van der Waals surface area contributed by atoms with Crippen molar-refractivity contribution in [1.29, 1.82) is 0 Å². The van der Waals surface area contributed by atoms with Crippen LogP contribution in [0.25, 0.3) is 0 Å². The molecule has 6 heteroatoms. The second kappa shape index (κ2) is 8.79. The van der Waals surface area contributed by atoms with Crippen molar-refractivity contribution in [2.45, 2.75) is 32.9 Å². The third-order valence-electron chi connectivity index (χ3n) is 6.35. The van der Waals surface area contributed by atoms with E-state index >= 15 is 0 Å². The van der Waals surface area contributed by atoms with Crippen LogP contribution in [0.3, 0.4) is 0 Å². The Kier molecular flexibility index (Phi) is 6.10. The molecule has 0 saturated carbocycles. The highest BCUT2D eigenvalue weighted by Gasteiger charge is 2.57. The van der Waals surface area contributed by atoms with Gasteiger partial charge in [0.05, 0.1) is 12.3 Å². The number of hydrogen-bond donors (Lipinski definition) is 1. The summed E-state index contributed by atoms with van der Waals surface area (Å²) in [7, 11) is 0. The fourth-order valence-corrected chi connectivity index (χ4v) is 4.88. The molecule has 2 fully saturated rings. The number of nitrogens with zero attached hydrogens (tertiary/aromatic N) is 2. The zero-order valence-corrected chi connectivity index (χ0v) is 18.2. The van der Waals surface area contributed by atoms with Crippen LogP contribution in [-0.4, -0.2) is 53.8 Å². The van der Waals surface area contributed by atoms with E-state index in [0.29, 0.717) is 19.6 Å². The van der Waals surface area contributed by atoms with Crippen LogP contribution in [0.5, 0.6) is 0 Å². The fourth-order valence-electron chi connectivity index (χ4n) is 4.88. The average molecular weight is 424 g/mol. The Morgan fingerprint density at radius 2 is 1.71 bits per heavy atom. The molecule has 0 bridgehead atoms. The van der Waals surface area contributed by atoms with Gasteiger partial charge in [0, 0.05) is 44.2 Å². The molecular weight excluding hydrogens is 393 g/mol. The summed E-state index contributed by atoms with van der Waals surface area (Å²) in [6.45, 7) is 7.44. The number of halogens is 1. The second-order valence-electron chi connectivity index (χ2n) is 9.29. The van der Waals surface area contributed by atoms with Crippen molar-refractivity contribution in [2.75, 3.05) is 26.2 Å². The van der Waals surface area contributed by atoms with Gasteiger partial charge in [-0.25, -0.2) is 4.39 Å². The lowest BCUT2D eigenvalue weighted by atomic mass is 9.71. The summed E-state index contributed by atoms with van der Waals surface area (Å²) in [5.74, 6) is -0.325. The van der Waals surface area contributed by atoms with Crippen LogP contribution in [0.4, 0.5) is 4.39 Å². The largest absolute Gasteiger partial charge is 0.354 e. The minimum atomic E-state index is -0.303. The molecule has 2 aromatic carbocycles. The van der Waals surface area contributed by atoms with Crippen molar-refractivity contribution >= 4 is 11.8 Å². The molecular formula is C25H30FN3O2. The summed E-state index contributed by atoms with van der Waals surface area (Å²) in [5.41, 5.74) is 1.83. The van der Waals surface area contributed by atoms with Gasteiger partial charge >= 0.3 is 0 Å². The molecule has 1 N–H and O–H groups in total. The standard InChI is InChI=1S/C25H30FN3O2/c1-18(2)27-24(31)22-14-28(13-20-6-4-3-5-7-20)15-25(22)16-29(17-25)23(30)12-19-8-10-21(26)11-9-19/h3-11,18,22H,12-17H2,1-2H3,(H,27,31).